The molecule has 6 heteroatoms. The Balaban J connectivity index is 1.35. The van der Waals surface area contributed by atoms with Crippen molar-refractivity contribution >= 4 is 22.3 Å². The van der Waals surface area contributed by atoms with Gasteiger partial charge in [0.05, 0.1) is 10.9 Å². The van der Waals surface area contributed by atoms with Crippen molar-refractivity contribution in [2.24, 2.45) is 0 Å². The molecule has 1 aliphatic heterocycles. The predicted octanol–water partition coefficient (Wildman–Crippen LogP) is 3.28. The second-order valence-corrected chi connectivity index (χ2v) is 7.23. The van der Waals surface area contributed by atoms with Crippen molar-refractivity contribution in [3.8, 4) is 5.88 Å². The first-order valence-corrected chi connectivity index (χ1v) is 9.68. The quantitative estimate of drug-likeness (QED) is 0.711. The molecule has 3 heterocycles. The summed E-state index contributed by atoms with van der Waals surface area (Å²) in [5, 5.41) is 1.01. The lowest BCUT2D eigenvalue weighted by atomic mass is 9.96. The Kier molecular flexibility index (Phi) is 4.24. The summed E-state index contributed by atoms with van der Waals surface area (Å²) in [7, 11) is 0. The molecular weight excluding hydrogens is 338 g/mol. The zero-order chi connectivity index (χ0) is 18.1. The predicted molar refractivity (Wildman–Crippen MR) is 106 cm³/mol. The lowest BCUT2D eigenvalue weighted by Crippen LogP contribution is -2.46. The molecular formula is C21H23N5O. The zero-order valence-corrected chi connectivity index (χ0v) is 15.3. The van der Waals surface area contributed by atoms with Gasteiger partial charge in [-0.15, -0.1) is 0 Å². The highest BCUT2D eigenvalue weighted by molar-refractivity contribution is 5.86. The largest absolute Gasteiger partial charge is 0.474 e. The molecule has 2 aromatic heterocycles. The van der Waals surface area contributed by atoms with Crippen LogP contribution in [-0.2, 0) is 0 Å². The second kappa shape index (κ2) is 7.02. The Morgan fingerprint density at radius 3 is 2.30 bits per heavy atom. The molecule has 0 bridgehead atoms. The highest BCUT2D eigenvalue weighted by atomic mass is 16.5. The third kappa shape index (κ3) is 3.27. The Morgan fingerprint density at radius 2 is 1.59 bits per heavy atom. The molecule has 2 fully saturated rings. The van der Waals surface area contributed by atoms with Crippen LogP contribution in [0.4, 0.5) is 11.4 Å². The van der Waals surface area contributed by atoms with E-state index in [2.05, 4.69) is 55.1 Å². The van der Waals surface area contributed by atoms with Crippen molar-refractivity contribution < 1.29 is 4.74 Å². The summed E-state index contributed by atoms with van der Waals surface area (Å²) >= 11 is 0. The molecule has 1 aromatic carbocycles. The SMILES string of the molecule is c1cc(N2CCN(c3ccc4ncnc(OC5CCC5)c4c3)CC2)ccn1. The number of rotatable bonds is 4. The average molecular weight is 361 g/mol. The molecule has 3 aromatic rings. The molecule has 0 N–H and O–H groups in total. The minimum absolute atomic E-state index is 0.315. The van der Waals surface area contributed by atoms with E-state index >= 15 is 0 Å². The van der Waals surface area contributed by atoms with Gasteiger partial charge in [-0.25, -0.2) is 9.97 Å². The van der Waals surface area contributed by atoms with Crippen molar-refractivity contribution in [2.45, 2.75) is 25.4 Å². The normalized spacial score (nSPS) is 17.8. The summed E-state index contributed by atoms with van der Waals surface area (Å²) < 4.78 is 6.10. The third-order valence-electron chi connectivity index (χ3n) is 5.59. The number of hydrogen-bond donors (Lipinski definition) is 0. The van der Waals surface area contributed by atoms with Gasteiger partial charge in [0.15, 0.2) is 0 Å². The Labute approximate surface area is 158 Å². The summed E-state index contributed by atoms with van der Waals surface area (Å²) in [6.07, 6.45) is 9.13. The van der Waals surface area contributed by atoms with E-state index in [1.807, 2.05) is 12.4 Å². The number of hydrogen-bond acceptors (Lipinski definition) is 6. The number of ether oxygens (including phenoxy) is 1. The van der Waals surface area contributed by atoms with Gasteiger partial charge in [-0.3, -0.25) is 4.98 Å². The molecule has 0 unspecified atom stereocenters. The fourth-order valence-corrected chi connectivity index (χ4v) is 3.74. The van der Waals surface area contributed by atoms with Crippen LogP contribution >= 0.6 is 0 Å². The van der Waals surface area contributed by atoms with Gasteiger partial charge in [-0.05, 0) is 49.6 Å². The van der Waals surface area contributed by atoms with E-state index < -0.39 is 0 Å². The van der Waals surface area contributed by atoms with E-state index in [0.29, 0.717) is 6.10 Å². The fraction of sp³-hybridized carbons (Fsp3) is 0.381. The standard InChI is InChI=1S/C21H23N5O/c1-2-18(3-1)27-21-19-14-17(4-5-20(19)23-15-24-21)26-12-10-25(11-13-26)16-6-8-22-9-7-16/h4-9,14-15,18H,1-3,10-13H2. The van der Waals surface area contributed by atoms with Gasteiger partial charge in [0.2, 0.25) is 5.88 Å². The minimum atomic E-state index is 0.315. The monoisotopic (exact) mass is 361 g/mol. The summed E-state index contributed by atoms with van der Waals surface area (Å²) in [6.45, 7) is 3.97. The van der Waals surface area contributed by atoms with Crippen molar-refractivity contribution in [2.75, 3.05) is 36.0 Å². The van der Waals surface area contributed by atoms with Crippen LogP contribution in [0.2, 0.25) is 0 Å². The first-order valence-electron chi connectivity index (χ1n) is 9.68. The van der Waals surface area contributed by atoms with Crippen LogP contribution < -0.4 is 14.5 Å². The highest BCUT2D eigenvalue weighted by Crippen LogP contribution is 2.31. The van der Waals surface area contributed by atoms with E-state index in [1.54, 1.807) is 6.33 Å². The molecule has 0 amide bonds. The lowest BCUT2D eigenvalue weighted by Gasteiger charge is -2.37. The lowest BCUT2D eigenvalue weighted by molar-refractivity contribution is 0.116. The maximum atomic E-state index is 6.10. The maximum absolute atomic E-state index is 6.10. The third-order valence-corrected chi connectivity index (χ3v) is 5.59. The summed E-state index contributed by atoms with van der Waals surface area (Å²) in [5.41, 5.74) is 3.40. The zero-order valence-electron chi connectivity index (χ0n) is 15.3. The topological polar surface area (TPSA) is 54.4 Å². The number of anilines is 2. The summed E-state index contributed by atoms with van der Waals surface area (Å²) in [5.74, 6) is 0.724. The highest BCUT2D eigenvalue weighted by Gasteiger charge is 2.22. The summed E-state index contributed by atoms with van der Waals surface area (Å²) in [6, 6.07) is 10.6. The molecule has 2 aliphatic rings. The number of benzene rings is 1. The van der Waals surface area contributed by atoms with Crippen molar-refractivity contribution in [3.63, 3.8) is 0 Å². The van der Waals surface area contributed by atoms with Gasteiger partial charge in [0, 0.05) is 49.9 Å². The molecule has 1 saturated heterocycles. The van der Waals surface area contributed by atoms with Crippen LogP contribution in [0.3, 0.4) is 0 Å². The number of nitrogens with zero attached hydrogens (tertiary/aromatic N) is 5. The Hall–Kier alpha value is -2.89. The van der Waals surface area contributed by atoms with Crippen LogP contribution in [-0.4, -0.2) is 47.2 Å². The minimum Gasteiger partial charge on any atom is -0.474 e. The molecule has 27 heavy (non-hydrogen) atoms. The van der Waals surface area contributed by atoms with Crippen molar-refractivity contribution in [1.82, 2.24) is 15.0 Å². The van der Waals surface area contributed by atoms with Crippen LogP contribution in [0.5, 0.6) is 5.88 Å². The molecule has 138 valence electrons. The fourth-order valence-electron chi connectivity index (χ4n) is 3.74. The first kappa shape index (κ1) is 16.3. The van der Waals surface area contributed by atoms with E-state index in [0.717, 1.165) is 55.8 Å². The smallest absolute Gasteiger partial charge is 0.224 e. The van der Waals surface area contributed by atoms with Crippen molar-refractivity contribution in [3.05, 3.63) is 49.1 Å². The molecule has 5 rings (SSSR count). The molecule has 6 nitrogen and oxygen atoms in total. The van der Waals surface area contributed by atoms with Crippen LogP contribution in [0.25, 0.3) is 10.9 Å². The average Bonchev–Trinajstić information content (AvgIpc) is 2.71. The number of aromatic nitrogens is 3. The van der Waals surface area contributed by atoms with Gasteiger partial charge >= 0.3 is 0 Å². The number of piperazine rings is 1. The Morgan fingerprint density at radius 1 is 0.852 bits per heavy atom. The first-order chi connectivity index (χ1) is 13.4. The van der Waals surface area contributed by atoms with Gasteiger partial charge in [0.25, 0.3) is 0 Å². The van der Waals surface area contributed by atoms with Gasteiger partial charge < -0.3 is 14.5 Å². The van der Waals surface area contributed by atoms with E-state index in [-0.39, 0.29) is 0 Å². The maximum Gasteiger partial charge on any atom is 0.224 e. The number of fused-ring (bicyclic) bond motifs is 1. The van der Waals surface area contributed by atoms with E-state index in [1.165, 1.54) is 17.8 Å². The van der Waals surface area contributed by atoms with E-state index in [9.17, 15) is 0 Å². The van der Waals surface area contributed by atoms with Gasteiger partial charge in [0.1, 0.15) is 12.4 Å². The molecule has 1 aliphatic carbocycles. The van der Waals surface area contributed by atoms with Crippen LogP contribution in [0, 0.1) is 0 Å². The molecule has 0 atom stereocenters. The molecule has 0 spiro atoms. The van der Waals surface area contributed by atoms with E-state index in [4.69, 9.17) is 4.74 Å². The van der Waals surface area contributed by atoms with Crippen LogP contribution in [0.15, 0.2) is 49.1 Å². The van der Waals surface area contributed by atoms with Crippen molar-refractivity contribution in [1.29, 1.82) is 0 Å². The molecule has 0 radical (unpaired) electrons. The second-order valence-electron chi connectivity index (χ2n) is 7.23. The van der Waals surface area contributed by atoms with Crippen LogP contribution in [0.1, 0.15) is 19.3 Å². The Bertz CT molecular complexity index is 920. The van der Waals surface area contributed by atoms with Gasteiger partial charge in [-0.1, -0.05) is 0 Å². The van der Waals surface area contributed by atoms with Gasteiger partial charge in [-0.2, -0.15) is 0 Å². The number of pyridine rings is 1. The summed E-state index contributed by atoms with van der Waals surface area (Å²) in [4.78, 5) is 17.8. The molecule has 1 saturated carbocycles.